The van der Waals surface area contributed by atoms with Crippen molar-refractivity contribution in [2.45, 2.75) is 20.0 Å². The van der Waals surface area contributed by atoms with Crippen molar-refractivity contribution in [1.82, 2.24) is 5.32 Å². The van der Waals surface area contributed by atoms with Crippen molar-refractivity contribution in [3.05, 3.63) is 34.9 Å². The number of rotatable bonds is 1. The number of ether oxygens (including phenoxy) is 1. The van der Waals surface area contributed by atoms with Gasteiger partial charge >= 0.3 is 0 Å². The van der Waals surface area contributed by atoms with Crippen molar-refractivity contribution in [3.63, 3.8) is 0 Å². The van der Waals surface area contributed by atoms with Gasteiger partial charge < -0.3 is 10.1 Å². The molecule has 0 aromatic heterocycles. The molecule has 2 nitrogen and oxygen atoms in total. The fourth-order valence-electron chi connectivity index (χ4n) is 1.87. The molecule has 1 saturated heterocycles. The summed E-state index contributed by atoms with van der Waals surface area (Å²) in [5, 5.41) is 3.35. The van der Waals surface area contributed by atoms with Crippen LogP contribution in [0.1, 0.15) is 22.8 Å². The Kier molecular flexibility index (Phi) is 2.85. The zero-order chi connectivity index (χ0) is 9.97. The highest BCUT2D eigenvalue weighted by atomic mass is 16.5. The van der Waals surface area contributed by atoms with Gasteiger partial charge in [-0.3, -0.25) is 0 Å². The zero-order valence-electron chi connectivity index (χ0n) is 8.84. The Bertz CT molecular complexity index is 316. The maximum atomic E-state index is 5.74. The second-order valence-electron chi connectivity index (χ2n) is 3.92. The van der Waals surface area contributed by atoms with Crippen molar-refractivity contribution in [3.8, 4) is 0 Å². The summed E-state index contributed by atoms with van der Waals surface area (Å²) in [7, 11) is 0. The summed E-state index contributed by atoms with van der Waals surface area (Å²) in [6.45, 7) is 7.00. The number of nitrogens with one attached hydrogen (secondary N) is 1. The standard InChI is InChI=1S/C12H17NO/c1-9-3-4-10(2)11(7-9)12-8-13-5-6-14-12/h3-4,7,12-13H,5-6,8H2,1-2H3/t12-/m1/s1. The van der Waals surface area contributed by atoms with Crippen LogP contribution < -0.4 is 5.32 Å². The van der Waals surface area contributed by atoms with Crippen molar-refractivity contribution < 1.29 is 4.74 Å². The Labute approximate surface area is 85.3 Å². The minimum atomic E-state index is 0.239. The molecule has 0 unspecified atom stereocenters. The first kappa shape index (κ1) is 9.69. The van der Waals surface area contributed by atoms with Crippen LogP contribution in [0.25, 0.3) is 0 Å². The molecule has 14 heavy (non-hydrogen) atoms. The molecule has 1 fully saturated rings. The molecule has 1 heterocycles. The van der Waals surface area contributed by atoms with Gasteiger partial charge in [-0.25, -0.2) is 0 Å². The van der Waals surface area contributed by atoms with Gasteiger partial charge in [0.1, 0.15) is 0 Å². The largest absolute Gasteiger partial charge is 0.371 e. The van der Waals surface area contributed by atoms with Crippen LogP contribution in [0.15, 0.2) is 18.2 Å². The summed E-state index contributed by atoms with van der Waals surface area (Å²) in [4.78, 5) is 0. The van der Waals surface area contributed by atoms with E-state index in [-0.39, 0.29) is 6.10 Å². The van der Waals surface area contributed by atoms with Crippen LogP contribution in [0.4, 0.5) is 0 Å². The van der Waals surface area contributed by atoms with Gasteiger partial charge in [0.2, 0.25) is 0 Å². The van der Waals surface area contributed by atoms with Gasteiger partial charge in [0.25, 0.3) is 0 Å². The normalized spacial score (nSPS) is 22.3. The van der Waals surface area contributed by atoms with E-state index in [9.17, 15) is 0 Å². The summed E-state index contributed by atoms with van der Waals surface area (Å²) in [5.74, 6) is 0. The molecule has 1 aromatic carbocycles. The van der Waals surface area contributed by atoms with Gasteiger partial charge in [-0.1, -0.05) is 23.8 Å². The first-order valence-electron chi connectivity index (χ1n) is 5.17. The Hall–Kier alpha value is -0.860. The Balaban J connectivity index is 2.24. The number of hydrogen-bond acceptors (Lipinski definition) is 2. The lowest BCUT2D eigenvalue weighted by Crippen LogP contribution is -2.33. The summed E-state index contributed by atoms with van der Waals surface area (Å²) >= 11 is 0. The van der Waals surface area contributed by atoms with Gasteiger partial charge in [-0.05, 0) is 25.0 Å². The highest BCUT2D eigenvalue weighted by Gasteiger charge is 2.17. The predicted octanol–water partition coefficient (Wildman–Crippen LogP) is 1.96. The third-order valence-electron chi connectivity index (χ3n) is 2.71. The van der Waals surface area contributed by atoms with Crippen molar-refractivity contribution in [2.75, 3.05) is 19.7 Å². The Morgan fingerprint density at radius 1 is 1.36 bits per heavy atom. The van der Waals surface area contributed by atoms with Gasteiger partial charge in [-0.2, -0.15) is 0 Å². The average molecular weight is 191 g/mol. The van der Waals surface area contributed by atoms with E-state index in [2.05, 4.69) is 37.4 Å². The maximum absolute atomic E-state index is 5.74. The summed E-state index contributed by atoms with van der Waals surface area (Å²) in [5.41, 5.74) is 3.96. The molecule has 76 valence electrons. The molecule has 0 bridgehead atoms. The maximum Gasteiger partial charge on any atom is 0.0952 e. The minimum Gasteiger partial charge on any atom is -0.371 e. The third-order valence-corrected chi connectivity index (χ3v) is 2.71. The van der Waals surface area contributed by atoms with Crippen LogP contribution >= 0.6 is 0 Å². The lowest BCUT2D eigenvalue weighted by molar-refractivity contribution is 0.0273. The van der Waals surface area contributed by atoms with Gasteiger partial charge in [-0.15, -0.1) is 0 Å². The summed E-state index contributed by atoms with van der Waals surface area (Å²) in [6.07, 6.45) is 0.239. The first-order chi connectivity index (χ1) is 6.77. The SMILES string of the molecule is Cc1ccc(C)c([C@H]2CNCCO2)c1. The second-order valence-corrected chi connectivity index (χ2v) is 3.92. The van der Waals surface area contributed by atoms with Crippen LogP contribution in [0.3, 0.4) is 0 Å². The number of benzene rings is 1. The monoisotopic (exact) mass is 191 g/mol. The molecule has 1 aliphatic heterocycles. The molecule has 1 aromatic rings. The smallest absolute Gasteiger partial charge is 0.0952 e. The third kappa shape index (κ3) is 1.97. The lowest BCUT2D eigenvalue weighted by atomic mass is 10.0. The number of morpholine rings is 1. The second kappa shape index (κ2) is 4.11. The van der Waals surface area contributed by atoms with E-state index in [1.54, 1.807) is 0 Å². The summed E-state index contributed by atoms with van der Waals surface area (Å²) in [6, 6.07) is 6.55. The molecule has 1 N–H and O–H groups in total. The van der Waals surface area contributed by atoms with E-state index < -0.39 is 0 Å². The van der Waals surface area contributed by atoms with Crippen molar-refractivity contribution >= 4 is 0 Å². The fraction of sp³-hybridized carbons (Fsp3) is 0.500. The van der Waals surface area contributed by atoms with E-state index in [1.165, 1.54) is 16.7 Å². The van der Waals surface area contributed by atoms with Gasteiger partial charge in [0.05, 0.1) is 12.7 Å². The molecule has 0 spiro atoms. The van der Waals surface area contributed by atoms with Crippen LogP contribution in [0, 0.1) is 13.8 Å². The topological polar surface area (TPSA) is 21.3 Å². The highest BCUT2D eigenvalue weighted by Crippen LogP contribution is 2.23. The molecule has 2 rings (SSSR count). The first-order valence-corrected chi connectivity index (χ1v) is 5.17. The van der Waals surface area contributed by atoms with Gasteiger partial charge in [0.15, 0.2) is 0 Å². The van der Waals surface area contributed by atoms with Crippen molar-refractivity contribution in [1.29, 1.82) is 0 Å². The fourth-order valence-corrected chi connectivity index (χ4v) is 1.87. The average Bonchev–Trinajstić information content (AvgIpc) is 2.23. The number of hydrogen-bond donors (Lipinski definition) is 1. The molecule has 0 saturated carbocycles. The van der Waals surface area contributed by atoms with E-state index in [0.717, 1.165) is 19.7 Å². The number of aryl methyl sites for hydroxylation is 2. The molecular weight excluding hydrogens is 174 g/mol. The quantitative estimate of drug-likeness (QED) is 0.732. The minimum absolute atomic E-state index is 0.239. The molecule has 0 aliphatic carbocycles. The molecule has 2 heteroatoms. The molecule has 1 atom stereocenters. The van der Waals surface area contributed by atoms with E-state index in [4.69, 9.17) is 4.74 Å². The molecular formula is C12H17NO. The van der Waals surface area contributed by atoms with Crippen LogP contribution in [0.5, 0.6) is 0 Å². The van der Waals surface area contributed by atoms with E-state index in [0.29, 0.717) is 0 Å². The predicted molar refractivity (Wildman–Crippen MR) is 57.5 cm³/mol. The van der Waals surface area contributed by atoms with E-state index in [1.807, 2.05) is 0 Å². The van der Waals surface area contributed by atoms with Gasteiger partial charge in [0, 0.05) is 13.1 Å². The molecule has 0 radical (unpaired) electrons. The molecule has 0 amide bonds. The zero-order valence-corrected chi connectivity index (χ0v) is 8.84. The Morgan fingerprint density at radius 3 is 2.93 bits per heavy atom. The van der Waals surface area contributed by atoms with Crippen LogP contribution in [-0.4, -0.2) is 19.7 Å². The Morgan fingerprint density at radius 2 is 2.21 bits per heavy atom. The highest BCUT2D eigenvalue weighted by molar-refractivity contribution is 5.32. The van der Waals surface area contributed by atoms with E-state index >= 15 is 0 Å². The van der Waals surface area contributed by atoms with Crippen LogP contribution in [0.2, 0.25) is 0 Å². The van der Waals surface area contributed by atoms with Crippen LogP contribution in [-0.2, 0) is 4.74 Å². The lowest BCUT2D eigenvalue weighted by Gasteiger charge is -2.25. The van der Waals surface area contributed by atoms with Crippen molar-refractivity contribution in [2.24, 2.45) is 0 Å². The summed E-state index contributed by atoms with van der Waals surface area (Å²) < 4.78 is 5.74. The molecule has 1 aliphatic rings.